The van der Waals surface area contributed by atoms with Gasteiger partial charge in [-0.15, -0.1) is 0 Å². The van der Waals surface area contributed by atoms with E-state index in [1.807, 2.05) is 0 Å². The Balaban J connectivity index is 2.53. The van der Waals surface area contributed by atoms with Crippen molar-refractivity contribution in [2.45, 2.75) is 6.92 Å². The van der Waals surface area contributed by atoms with Crippen LogP contribution in [0.4, 0.5) is 5.69 Å². The molecule has 0 spiro atoms. The molecule has 0 saturated heterocycles. The molecular weight excluding hydrogens is 296 g/mol. The number of carbonyl (C=O) groups is 2. The van der Waals surface area contributed by atoms with E-state index in [0.29, 0.717) is 23.0 Å². The molecule has 2 N–H and O–H groups in total. The van der Waals surface area contributed by atoms with E-state index in [4.69, 9.17) is 21.4 Å². The van der Waals surface area contributed by atoms with Gasteiger partial charge in [0.1, 0.15) is 5.75 Å². The van der Waals surface area contributed by atoms with Crippen LogP contribution in [-0.4, -0.2) is 49.1 Å². The van der Waals surface area contributed by atoms with Gasteiger partial charge in [0.2, 0.25) is 5.91 Å². The van der Waals surface area contributed by atoms with Crippen molar-refractivity contribution in [2.24, 2.45) is 5.92 Å². The number of ether oxygens (including phenoxy) is 1. The lowest BCUT2D eigenvalue weighted by atomic mass is 10.2. The quantitative estimate of drug-likeness (QED) is 0.804. The SMILES string of the molecule is COc1ccc(NC(=O)CN(C)CC(C)C(=O)O)cc1Cl. The Morgan fingerprint density at radius 1 is 1.48 bits per heavy atom. The lowest BCUT2D eigenvalue weighted by Gasteiger charge is -2.18. The van der Waals surface area contributed by atoms with Gasteiger partial charge in [-0.3, -0.25) is 14.5 Å². The second-order valence-corrected chi connectivity index (χ2v) is 5.24. The van der Waals surface area contributed by atoms with Crippen molar-refractivity contribution in [2.75, 3.05) is 32.6 Å². The van der Waals surface area contributed by atoms with Crippen LogP contribution < -0.4 is 10.1 Å². The fourth-order valence-electron chi connectivity index (χ4n) is 1.80. The Hall–Kier alpha value is -1.79. The molecule has 1 amide bonds. The van der Waals surface area contributed by atoms with E-state index in [1.54, 1.807) is 37.1 Å². The normalized spacial score (nSPS) is 12.0. The van der Waals surface area contributed by atoms with Crippen molar-refractivity contribution in [3.05, 3.63) is 23.2 Å². The smallest absolute Gasteiger partial charge is 0.307 e. The van der Waals surface area contributed by atoms with Crippen LogP contribution in [0.25, 0.3) is 0 Å². The number of nitrogens with zero attached hydrogens (tertiary/aromatic N) is 1. The van der Waals surface area contributed by atoms with Gasteiger partial charge in [0, 0.05) is 12.2 Å². The van der Waals surface area contributed by atoms with E-state index in [1.165, 1.54) is 7.11 Å². The van der Waals surface area contributed by atoms with Gasteiger partial charge in [-0.2, -0.15) is 0 Å². The summed E-state index contributed by atoms with van der Waals surface area (Å²) in [7, 11) is 3.21. The minimum atomic E-state index is -0.885. The Morgan fingerprint density at radius 2 is 2.14 bits per heavy atom. The molecule has 0 aliphatic heterocycles. The largest absolute Gasteiger partial charge is 0.495 e. The lowest BCUT2D eigenvalue weighted by molar-refractivity contribution is -0.141. The van der Waals surface area contributed by atoms with Gasteiger partial charge < -0.3 is 15.2 Å². The summed E-state index contributed by atoms with van der Waals surface area (Å²) >= 11 is 5.97. The molecule has 21 heavy (non-hydrogen) atoms. The summed E-state index contributed by atoms with van der Waals surface area (Å²) in [4.78, 5) is 24.3. The van der Waals surface area contributed by atoms with E-state index < -0.39 is 11.9 Å². The summed E-state index contributed by atoms with van der Waals surface area (Å²) in [6.45, 7) is 1.99. The molecule has 0 radical (unpaired) electrons. The maximum absolute atomic E-state index is 11.9. The van der Waals surface area contributed by atoms with Crippen LogP contribution in [0.5, 0.6) is 5.75 Å². The highest BCUT2D eigenvalue weighted by Crippen LogP contribution is 2.27. The Labute approximate surface area is 128 Å². The predicted molar refractivity (Wildman–Crippen MR) is 80.9 cm³/mol. The van der Waals surface area contributed by atoms with Crippen LogP contribution in [0.1, 0.15) is 6.92 Å². The van der Waals surface area contributed by atoms with Crippen molar-refractivity contribution in [1.29, 1.82) is 0 Å². The van der Waals surface area contributed by atoms with E-state index in [9.17, 15) is 9.59 Å². The van der Waals surface area contributed by atoms with Crippen molar-refractivity contribution in [1.82, 2.24) is 4.90 Å². The minimum absolute atomic E-state index is 0.0985. The summed E-state index contributed by atoms with van der Waals surface area (Å²) in [5.41, 5.74) is 0.561. The summed E-state index contributed by atoms with van der Waals surface area (Å²) < 4.78 is 5.03. The van der Waals surface area contributed by atoms with Gasteiger partial charge >= 0.3 is 5.97 Å². The van der Waals surface area contributed by atoms with Gasteiger partial charge in [-0.1, -0.05) is 18.5 Å². The third kappa shape index (κ3) is 5.61. The molecule has 0 saturated carbocycles. The van der Waals surface area contributed by atoms with Crippen LogP contribution in [0.2, 0.25) is 5.02 Å². The molecule has 1 aromatic carbocycles. The monoisotopic (exact) mass is 314 g/mol. The zero-order valence-electron chi connectivity index (χ0n) is 12.2. The number of anilines is 1. The first-order valence-electron chi connectivity index (χ1n) is 6.38. The molecular formula is C14H19ClN2O4. The van der Waals surface area contributed by atoms with Gasteiger partial charge in [0.05, 0.1) is 24.6 Å². The second-order valence-electron chi connectivity index (χ2n) is 4.83. The Kier molecular flexibility index (Phi) is 6.45. The average Bonchev–Trinajstić information content (AvgIpc) is 2.38. The van der Waals surface area contributed by atoms with Crippen LogP contribution in [0, 0.1) is 5.92 Å². The second kappa shape index (κ2) is 7.85. The number of rotatable bonds is 7. The lowest BCUT2D eigenvalue weighted by Crippen LogP contribution is -2.35. The van der Waals surface area contributed by atoms with Gasteiger partial charge in [0.25, 0.3) is 0 Å². The summed E-state index contributed by atoms with van der Waals surface area (Å²) in [5.74, 6) is -1.12. The highest BCUT2D eigenvalue weighted by Gasteiger charge is 2.15. The fourth-order valence-corrected chi connectivity index (χ4v) is 2.06. The number of carboxylic acid groups (broad SMARTS) is 1. The topological polar surface area (TPSA) is 78.9 Å². The number of hydrogen-bond acceptors (Lipinski definition) is 4. The number of nitrogens with one attached hydrogen (secondary N) is 1. The third-order valence-corrected chi connectivity index (χ3v) is 3.15. The molecule has 0 fully saturated rings. The highest BCUT2D eigenvalue weighted by molar-refractivity contribution is 6.32. The molecule has 7 heteroatoms. The van der Waals surface area contributed by atoms with Crippen LogP contribution in [0.3, 0.4) is 0 Å². The van der Waals surface area contributed by atoms with Crippen molar-refractivity contribution in [3.8, 4) is 5.75 Å². The first-order chi connectivity index (χ1) is 9.83. The molecule has 0 bridgehead atoms. The van der Waals surface area contributed by atoms with E-state index in [0.717, 1.165) is 0 Å². The van der Waals surface area contributed by atoms with E-state index >= 15 is 0 Å². The Bertz CT molecular complexity index is 522. The molecule has 6 nitrogen and oxygen atoms in total. The number of methoxy groups -OCH3 is 1. The highest BCUT2D eigenvalue weighted by atomic mass is 35.5. The number of hydrogen-bond donors (Lipinski definition) is 2. The summed E-state index contributed by atoms with van der Waals surface area (Å²) in [6.07, 6.45) is 0. The number of carboxylic acids is 1. The molecule has 116 valence electrons. The number of benzene rings is 1. The van der Waals surface area contributed by atoms with Crippen LogP contribution >= 0.6 is 11.6 Å². The zero-order chi connectivity index (χ0) is 16.0. The number of aliphatic carboxylic acids is 1. The number of amides is 1. The van der Waals surface area contributed by atoms with Crippen molar-refractivity contribution < 1.29 is 19.4 Å². The standard InChI is InChI=1S/C14H19ClN2O4/c1-9(14(19)20)7-17(2)8-13(18)16-10-4-5-12(21-3)11(15)6-10/h4-6,9H,7-8H2,1-3H3,(H,16,18)(H,19,20). The number of halogens is 1. The van der Waals surface area contributed by atoms with Crippen molar-refractivity contribution >= 4 is 29.2 Å². The van der Waals surface area contributed by atoms with Gasteiger partial charge in [-0.05, 0) is 25.2 Å². The molecule has 1 rings (SSSR count). The molecule has 0 aliphatic carbocycles. The molecule has 0 heterocycles. The zero-order valence-corrected chi connectivity index (χ0v) is 13.0. The number of carbonyl (C=O) groups excluding carboxylic acids is 1. The first kappa shape index (κ1) is 17.3. The maximum atomic E-state index is 11.9. The molecule has 0 aromatic heterocycles. The molecule has 1 unspecified atom stereocenters. The predicted octanol–water partition coefficient (Wildman–Crippen LogP) is 1.94. The van der Waals surface area contributed by atoms with Crippen LogP contribution in [-0.2, 0) is 9.59 Å². The number of likely N-dealkylation sites (N-methyl/N-ethyl adjacent to an activating group) is 1. The fraction of sp³-hybridized carbons (Fsp3) is 0.429. The third-order valence-electron chi connectivity index (χ3n) is 2.86. The molecule has 1 aromatic rings. The summed E-state index contributed by atoms with van der Waals surface area (Å²) in [6, 6.07) is 4.94. The van der Waals surface area contributed by atoms with Gasteiger partial charge in [-0.25, -0.2) is 0 Å². The first-order valence-corrected chi connectivity index (χ1v) is 6.76. The molecule has 0 aliphatic rings. The maximum Gasteiger partial charge on any atom is 0.307 e. The summed E-state index contributed by atoms with van der Waals surface area (Å²) in [5, 5.41) is 11.9. The molecule has 1 atom stereocenters. The van der Waals surface area contributed by atoms with Crippen molar-refractivity contribution in [3.63, 3.8) is 0 Å². The average molecular weight is 315 g/mol. The Morgan fingerprint density at radius 3 is 2.67 bits per heavy atom. The van der Waals surface area contributed by atoms with Gasteiger partial charge in [0.15, 0.2) is 0 Å². The van der Waals surface area contributed by atoms with Crippen LogP contribution in [0.15, 0.2) is 18.2 Å². The van der Waals surface area contributed by atoms with E-state index in [2.05, 4.69) is 5.32 Å². The minimum Gasteiger partial charge on any atom is -0.495 e. The van der Waals surface area contributed by atoms with E-state index in [-0.39, 0.29) is 12.5 Å².